The van der Waals surface area contributed by atoms with Crippen molar-refractivity contribution < 1.29 is 19.1 Å². The maximum atomic E-state index is 12.4. The lowest BCUT2D eigenvalue weighted by Gasteiger charge is -2.19. The normalized spacial score (nSPS) is 14.9. The van der Waals surface area contributed by atoms with E-state index in [2.05, 4.69) is 10.3 Å². The van der Waals surface area contributed by atoms with E-state index < -0.39 is 23.5 Å². The molecule has 0 fully saturated rings. The van der Waals surface area contributed by atoms with E-state index in [1.165, 1.54) is 13.2 Å². The topological polar surface area (TPSA) is 105 Å². The van der Waals surface area contributed by atoms with Gasteiger partial charge in [-0.05, 0) is 31.2 Å². The summed E-state index contributed by atoms with van der Waals surface area (Å²) in [5.41, 5.74) is 0.222. The van der Waals surface area contributed by atoms with Crippen molar-refractivity contribution in [2.75, 3.05) is 7.11 Å². The molecule has 2 rings (SSSR count). The number of nitrogens with one attached hydrogen (secondary N) is 2. The molecule has 0 aliphatic heterocycles. The summed E-state index contributed by atoms with van der Waals surface area (Å²) in [6, 6.07) is 0.489. The minimum absolute atomic E-state index is 0.0896. The maximum absolute atomic E-state index is 12.4. The summed E-state index contributed by atoms with van der Waals surface area (Å²) in [5.74, 6) is -1.19. The van der Waals surface area contributed by atoms with Crippen LogP contribution in [0.1, 0.15) is 59.5 Å². The maximum Gasteiger partial charge on any atom is 0.328 e. The van der Waals surface area contributed by atoms with Gasteiger partial charge in [-0.1, -0.05) is 13.8 Å². The van der Waals surface area contributed by atoms with Crippen molar-refractivity contribution >= 4 is 17.7 Å². The third kappa shape index (κ3) is 3.90. The fourth-order valence-corrected chi connectivity index (χ4v) is 2.81. The molecule has 0 radical (unpaired) electrons. The zero-order chi connectivity index (χ0) is 17.9. The first-order valence-corrected chi connectivity index (χ1v) is 8.01. The van der Waals surface area contributed by atoms with Gasteiger partial charge in [0.1, 0.15) is 11.6 Å². The highest BCUT2D eigenvalue weighted by Gasteiger charge is 2.26. The molecule has 24 heavy (non-hydrogen) atoms. The number of ether oxygens (including phenoxy) is 1. The number of amides is 1. The molecular weight excluding hydrogens is 312 g/mol. The van der Waals surface area contributed by atoms with E-state index in [1.807, 2.05) is 13.8 Å². The van der Waals surface area contributed by atoms with Crippen LogP contribution in [-0.2, 0) is 16.0 Å². The van der Waals surface area contributed by atoms with Crippen molar-refractivity contribution in [3.63, 3.8) is 0 Å². The minimum atomic E-state index is -0.839. The number of hydrogen-bond donors (Lipinski definition) is 2. The molecule has 0 spiro atoms. The molecule has 0 saturated heterocycles. The number of fused-ring (bicyclic) bond motifs is 1. The Morgan fingerprint density at radius 3 is 2.62 bits per heavy atom. The molecule has 1 aliphatic rings. The zero-order valence-corrected chi connectivity index (χ0v) is 14.1. The Kier molecular flexibility index (Phi) is 5.54. The Balaban J connectivity index is 2.28. The molecular formula is C17H22N2O5. The Bertz CT molecular complexity index is 720. The van der Waals surface area contributed by atoms with Gasteiger partial charge >= 0.3 is 5.97 Å². The molecule has 0 unspecified atom stereocenters. The van der Waals surface area contributed by atoms with Crippen molar-refractivity contribution in [3.8, 4) is 0 Å². The first-order valence-electron chi connectivity index (χ1n) is 8.01. The van der Waals surface area contributed by atoms with Crippen LogP contribution in [0.2, 0.25) is 0 Å². The highest BCUT2D eigenvalue weighted by molar-refractivity contribution is 6.02. The van der Waals surface area contributed by atoms with Crippen molar-refractivity contribution in [2.24, 2.45) is 5.92 Å². The summed E-state index contributed by atoms with van der Waals surface area (Å²) in [4.78, 5) is 50.9. The number of H-pyrrole nitrogens is 1. The molecule has 1 aromatic heterocycles. The highest BCUT2D eigenvalue weighted by Crippen LogP contribution is 2.19. The summed E-state index contributed by atoms with van der Waals surface area (Å²) in [6.07, 6.45) is 2.08. The molecule has 1 aliphatic carbocycles. The van der Waals surface area contributed by atoms with Gasteiger partial charge in [0.05, 0.1) is 7.11 Å². The SMILES string of the molecule is COC(=O)[C@@H](CC(C)C)NC(=O)c1cc2c([nH]c1=O)CCCC2=O. The van der Waals surface area contributed by atoms with E-state index in [4.69, 9.17) is 4.74 Å². The highest BCUT2D eigenvalue weighted by atomic mass is 16.5. The molecule has 2 N–H and O–H groups in total. The summed E-state index contributed by atoms with van der Waals surface area (Å²) in [5, 5.41) is 2.53. The largest absolute Gasteiger partial charge is 0.467 e. The van der Waals surface area contributed by atoms with Crippen molar-refractivity contribution in [1.29, 1.82) is 0 Å². The second-order valence-corrected chi connectivity index (χ2v) is 6.36. The third-order valence-corrected chi connectivity index (χ3v) is 4.00. The number of aromatic amines is 1. The fourth-order valence-electron chi connectivity index (χ4n) is 2.81. The summed E-state index contributed by atoms with van der Waals surface area (Å²) < 4.78 is 4.69. The number of aryl methyl sites for hydroxylation is 1. The number of hydrogen-bond acceptors (Lipinski definition) is 5. The monoisotopic (exact) mass is 334 g/mol. The van der Waals surface area contributed by atoms with Crippen LogP contribution in [0.4, 0.5) is 0 Å². The van der Waals surface area contributed by atoms with Gasteiger partial charge in [-0.15, -0.1) is 0 Å². The summed E-state index contributed by atoms with van der Waals surface area (Å²) in [7, 11) is 1.24. The van der Waals surface area contributed by atoms with Crippen LogP contribution < -0.4 is 10.9 Å². The lowest BCUT2D eigenvalue weighted by Crippen LogP contribution is -2.44. The van der Waals surface area contributed by atoms with Crippen LogP contribution in [0.5, 0.6) is 0 Å². The van der Waals surface area contributed by atoms with Gasteiger partial charge in [-0.3, -0.25) is 14.4 Å². The van der Waals surface area contributed by atoms with Crippen LogP contribution in [0.15, 0.2) is 10.9 Å². The lowest BCUT2D eigenvalue weighted by atomic mass is 9.93. The number of carbonyl (C=O) groups is 3. The number of rotatable bonds is 5. The zero-order valence-electron chi connectivity index (χ0n) is 14.1. The van der Waals surface area contributed by atoms with Crippen LogP contribution in [-0.4, -0.2) is 35.8 Å². The first kappa shape index (κ1) is 17.9. The van der Waals surface area contributed by atoms with E-state index in [1.54, 1.807) is 0 Å². The van der Waals surface area contributed by atoms with E-state index in [9.17, 15) is 19.2 Å². The Hall–Kier alpha value is -2.44. The number of esters is 1. The van der Waals surface area contributed by atoms with Gasteiger partial charge in [-0.2, -0.15) is 0 Å². The average Bonchev–Trinajstić information content (AvgIpc) is 2.52. The predicted octanol–water partition coefficient (Wildman–Crippen LogP) is 1.21. The van der Waals surface area contributed by atoms with Crippen molar-refractivity contribution in [1.82, 2.24) is 10.3 Å². The van der Waals surface area contributed by atoms with Crippen LogP contribution >= 0.6 is 0 Å². The van der Waals surface area contributed by atoms with Crippen LogP contribution in [0, 0.1) is 5.92 Å². The van der Waals surface area contributed by atoms with E-state index in [0.717, 1.165) is 0 Å². The molecule has 0 bridgehead atoms. The summed E-state index contributed by atoms with van der Waals surface area (Å²) >= 11 is 0. The number of pyridine rings is 1. The van der Waals surface area contributed by atoms with E-state index in [0.29, 0.717) is 36.9 Å². The van der Waals surface area contributed by atoms with Crippen LogP contribution in [0.25, 0.3) is 0 Å². The third-order valence-electron chi connectivity index (χ3n) is 4.00. The predicted molar refractivity (Wildman–Crippen MR) is 87.1 cm³/mol. The van der Waals surface area contributed by atoms with E-state index in [-0.39, 0.29) is 17.3 Å². The molecule has 7 heteroatoms. The second-order valence-electron chi connectivity index (χ2n) is 6.36. The van der Waals surface area contributed by atoms with Gasteiger partial charge in [0.15, 0.2) is 5.78 Å². The smallest absolute Gasteiger partial charge is 0.328 e. The molecule has 1 aromatic rings. The Morgan fingerprint density at radius 2 is 2.00 bits per heavy atom. The average molecular weight is 334 g/mol. The standard InChI is InChI=1S/C17H22N2O5/c1-9(2)7-13(17(23)24-3)19-16(22)11-8-10-12(18-15(11)21)5-4-6-14(10)20/h8-9,13H,4-7H2,1-3H3,(H,18,21)(H,19,22)/t13-/m1/s1. The van der Waals surface area contributed by atoms with Gasteiger partial charge in [0.25, 0.3) is 11.5 Å². The molecule has 1 atom stereocenters. The fraction of sp³-hybridized carbons (Fsp3) is 0.529. The lowest BCUT2D eigenvalue weighted by molar-refractivity contribution is -0.143. The molecule has 1 heterocycles. The number of aromatic nitrogens is 1. The quantitative estimate of drug-likeness (QED) is 0.788. The van der Waals surface area contributed by atoms with Gasteiger partial charge in [0, 0.05) is 17.7 Å². The summed E-state index contributed by atoms with van der Waals surface area (Å²) in [6.45, 7) is 3.82. The molecule has 7 nitrogen and oxygen atoms in total. The number of Topliss-reactive ketones (excluding diaryl/α,β-unsaturated/α-hetero) is 1. The van der Waals surface area contributed by atoms with Gasteiger partial charge in [-0.25, -0.2) is 4.79 Å². The van der Waals surface area contributed by atoms with E-state index >= 15 is 0 Å². The number of ketones is 1. The number of methoxy groups -OCH3 is 1. The first-order chi connectivity index (χ1) is 11.3. The number of carbonyl (C=O) groups excluding carboxylic acids is 3. The van der Waals surface area contributed by atoms with Gasteiger partial charge < -0.3 is 15.0 Å². The molecule has 0 saturated carbocycles. The van der Waals surface area contributed by atoms with Crippen molar-refractivity contribution in [2.45, 2.75) is 45.6 Å². The Morgan fingerprint density at radius 1 is 1.29 bits per heavy atom. The molecule has 130 valence electrons. The Labute approximate surface area is 139 Å². The van der Waals surface area contributed by atoms with Crippen molar-refractivity contribution in [3.05, 3.63) is 33.2 Å². The molecule has 1 amide bonds. The van der Waals surface area contributed by atoms with Crippen LogP contribution in [0.3, 0.4) is 0 Å². The second kappa shape index (κ2) is 7.42. The van der Waals surface area contributed by atoms with Gasteiger partial charge in [0.2, 0.25) is 0 Å². The molecule has 0 aromatic carbocycles. The minimum Gasteiger partial charge on any atom is -0.467 e.